The molecule has 1 N–H and O–H groups in total. The van der Waals surface area contributed by atoms with Crippen LogP contribution in [0.1, 0.15) is 57.4 Å². The topological polar surface area (TPSA) is 35.8 Å². The van der Waals surface area contributed by atoms with Crippen molar-refractivity contribution in [2.24, 2.45) is 0 Å². The lowest BCUT2D eigenvalue weighted by Crippen LogP contribution is -2.03. The van der Waals surface area contributed by atoms with E-state index >= 15 is 0 Å². The average molecular weight is 323 g/mol. The lowest BCUT2D eigenvalue weighted by molar-refractivity contribution is 0.596. The highest BCUT2D eigenvalue weighted by Crippen LogP contribution is 2.20. The van der Waals surface area contributed by atoms with Crippen molar-refractivity contribution in [1.82, 2.24) is 0 Å². The zero-order valence-electron chi connectivity index (χ0n) is 11.7. The van der Waals surface area contributed by atoms with E-state index < -0.39 is 0 Å². The number of rotatable bonds is 9. The molecule has 1 rings (SSSR count). The summed E-state index contributed by atoms with van der Waals surface area (Å²) in [5.74, 6) is 0. The molecule has 0 unspecified atom stereocenters. The number of halogens is 1. The van der Waals surface area contributed by atoms with Crippen LogP contribution in [0, 0.1) is 11.3 Å². The van der Waals surface area contributed by atoms with E-state index in [1.165, 1.54) is 44.9 Å². The van der Waals surface area contributed by atoms with Gasteiger partial charge in [0, 0.05) is 11.0 Å². The van der Waals surface area contributed by atoms with Crippen LogP contribution < -0.4 is 5.32 Å². The van der Waals surface area contributed by atoms with Gasteiger partial charge < -0.3 is 5.32 Å². The maximum absolute atomic E-state index is 9.06. The van der Waals surface area contributed by atoms with Crippen molar-refractivity contribution in [3.63, 3.8) is 0 Å². The van der Waals surface area contributed by atoms with Crippen molar-refractivity contribution < 1.29 is 0 Å². The van der Waals surface area contributed by atoms with E-state index in [1.807, 2.05) is 18.2 Å². The lowest BCUT2D eigenvalue weighted by atomic mass is 10.1. The molecular weight excluding hydrogens is 300 g/mol. The normalized spacial score (nSPS) is 10.2. The van der Waals surface area contributed by atoms with Crippen molar-refractivity contribution in [3.05, 3.63) is 28.2 Å². The molecule has 0 saturated carbocycles. The first kappa shape index (κ1) is 16.0. The first-order valence-corrected chi connectivity index (χ1v) is 8.00. The summed E-state index contributed by atoms with van der Waals surface area (Å²) in [6.07, 6.45) is 9.17. The minimum atomic E-state index is 0.706. The summed E-state index contributed by atoms with van der Waals surface area (Å²) < 4.78 is 0.950. The number of unbranched alkanes of at least 4 members (excludes halogenated alkanes) is 6. The molecule has 0 spiro atoms. The first-order chi connectivity index (χ1) is 9.27. The Bertz CT molecular complexity index is 410. The van der Waals surface area contributed by atoms with E-state index in [4.69, 9.17) is 5.26 Å². The van der Waals surface area contributed by atoms with Crippen LogP contribution in [0.25, 0.3) is 0 Å². The fourth-order valence-electron chi connectivity index (χ4n) is 2.07. The van der Waals surface area contributed by atoms with Gasteiger partial charge in [0.1, 0.15) is 6.07 Å². The summed E-state index contributed by atoms with van der Waals surface area (Å²) in [6.45, 7) is 3.19. The largest absolute Gasteiger partial charge is 0.384 e. The standard InChI is InChI=1S/C16H23BrN2/c1-2-3-4-5-6-7-8-11-19-16-10-9-15(17)12-14(16)13-18/h9-10,12,19H,2-8,11H2,1H3. The maximum atomic E-state index is 9.06. The Morgan fingerprint density at radius 2 is 1.79 bits per heavy atom. The smallest absolute Gasteiger partial charge is 0.101 e. The summed E-state index contributed by atoms with van der Waals surface area (Å²) >= 11 is 3.38. The van der Waals surface area contributed by atoms with E-state index in [0.717, 1.165) is 16.7 Å². The predicted molar refractivity (Wildman–Crippen MR) is 85.3 cm³/mol. The van der Waals surface area contributed by atoms with Crippen molar-refractivity contribution in [2.45, 2.75) is 51.9 Å². The molecule has 0 aliphatic heterocycles. The van der Waals surface area contributed by atoms with Crippen molar-refractivity contribution in [1.29, 1.82) is 5.26 Å². The van der Waals surface area contributed by atoms with Gasteiger partial charge in [-0.05, 0) is 24.6 Å². The Balaban J connectivity index is 2.18. The second-order valence-corrected chi connectivity index (χ2v) is 5.77. The molecule has 104 valence electrons. The molecule has 0 fully saturated rings. The van der Waals surface area contributed by atoms with Gasteiger partial charge in [-0.3, -0.25) is 0 Å². The Morgan fingerprint density at radius 1 is 1.11 bits per heavy atom. The monoisotopic (exact) mass is 322 g/mol. The average Bonchev–Trinajstić information content (AvgIpc) is 2.43. The van der Waals surface area contributed by atoms with E-state index in [0.29, 0.717) is 5.56 Å². The van der Waals surface area contributed by atoms with Gasteiger partial charge in [0.05, 0.1) is 11.3 Å². The molecule has 0 amide bonds. The van der Waals surface area contributed by atoms with Crippen LogP contribution in [0.3, 0.4) is 0 Å². The third-order valence-corrected chi connectivity index (χ3v) is 3.69. The van der Waals surface area contributed by atoms with Gasteiger partial charge in [0.15, 0.2) is 0 Å². The molecule has 1 aromatic carbocycles. The zero-order chi connectivity index (χ0) is 13.9. The van der Waals surface area contributed by atoms with Crippen molar-refractivity contribution in [3.8, 4) is 6.07 Å². The third-order valence-electron chi connectivity index (χ3n) is 3.20. The van der Waals surface area contributed by atoms with Gasteiger partial charge in [-0.1, -0.05) is 61.4 Å². The number of nitriles is 1. The molecule has 19 heavy (non-hydrogen) atoms. The van der Waals surface area contributed by atoms with Gasteiger partial charge in [0.2, 0.25) is 0 Å². The molecule has 0 heterocycles. The number of hydrogen-bond acceptors (Lipinski definition) is 2. The van der Waals surface area contributed by atoms with Crippen LogP contribution in [0.2, 0.25) is 0 Å². The van der Waals surface area contributed by atoms with E-state index in [2.05, 4.69) is 34.2 Å². The van der Waals surface area contributed by atoms with Crippen LogP contribution in [-0.2, 0) is 0 Å². The van der Waals surface area contributed by atoms with Crippen LogP contribution in [-0.4, -0.2) is 6.54 Å². The lowest BCUT2D eigenvalue weighted by Gasteiger charge is -2.08. The van der Waals surface area contributed by atoms with E-state index in [-0.39, 0.29) is 0 Å². The molecule has 3 heteroatoms. The summed E-state index contributed by atoms with van der Waals surface area (Å²) in [5, 5.41) is 12.4. The second-order valence-electron chi connectivity index (χ2n) is 4.85. The molecule has 0 aliphatic rings. The van der Waals surface area contributed by atoms with E-state index in [1.54, 1.807) is 0 Å². The maximum Gasteiger partial charge on any atom is 0.101 e. The molecule has 0 saturated heterocycles. The third kappa shape index (κ3) is 6.63. The highest BCUT2D eigenvalue weighted by molar-refractivity contribution is 9.10. The van der Waals surface area contributed by atoms with Gasteiger partial charge in [-0.2, -0.15) is 5.26 Å². The van der Waals surface area contributed by atoms with Gasteiger partial charge in [0.25, 0.3) is 0 Å². The number of hydrogen-bond donors (Lipinski definition) is 1. The molecular formula is C16H23BrN2. The molecule has 0 atom stereocenters. The van der Waals surface area contributed by atoms with Crippen LogP contribution in [0.5, 0.6) is 0 Å². The van der Waals surface area contributed by atoms with E-state index in [9.17, 15) is 0 Å². The van der Waals surface area contributed by atoms with Crippen molar-refractivity contribution >= 4 is 21.6 Å². The Hall–Kier alpha value is -1.01. The van der Waals surface area contributed by atoms with Gasteiger partial charge in [-0.15, -0.1) is 0 Å². The van der Waals surface area contributed by atoms with Gasteiger partial charge in [-0.25, -0.2) is 0 Å². The highest BCUT2D eigenvalue weighted by Gasteiger charge is 2.01. The highest BCUT2D eigenvalue weighted by atomic mass is 79.9. The minimum absolute atomic E-state index is 0.706. The first-order valence-electron chi connectivity index (χ1n) is 7.21. The number of nitrogens with zero attached hydrogens (tertiary/aromatic N) is 1. The predicted octanol–water partition coefficient (Wildman–Crippen LogP) is 5.48. The second kappa shape index (κ2) is 9.86. The molecule has 2 nitrogen and oxygen atoms in total. The fraction of sp³-hybridized carbons (Fsp3) is 0.562. The molecule has 1 aromatic rings. The summed E-state index contributed by atoms with van der Waals surface area (Å²) in [6, 6.07) is 8.00. The molecule has 0 bridgehead atoms. The van der Waals surface area contributed by atoms with Gasteiger partial charge >= 0.3 is 0 Å². The van der Waals surface area contributed by atoms with Crippen LogP contribution in [0.4, 0.5) is 5.69 Å². The minimum Gasteiger partial charge on any atom is -0.384 e. The SMILES string of the molecule is CCCCCCCCCNc1ccc(Br)cc1C#N. The quantitative estimate of drug-likeness (QED) is 0.611. The van der Waals surface area contributed by atoms with Crippen LogP contribution >= 0.6 is 15.9 Å². The van der Waals surface area contributed by atoms with Crippen LogP contribution in [0.15, 0.2) is 22.7 Å². The zero-order valence-corrected chi connectivity index (χ0v) is 13.3. The Labute approximate surface area is 125 Å². The number of nitrogens with one attached hydrogen (secondary N) is 1. The molecule has 0 radical (unpaired) electrons. The number of benzene rings is 1. The number of anilines is 1. The van der Waals surface area contributed by atoms with Crippen molar-refractivity contribution in [2.75, 3.05) is 11.9 Å². The summed E-state index contributed by atoms with van der Waals surface area (Å²) in [5.41, 5.74) is 1.65. The summed E-state index contributed by atoms with van der Waals surface area (Å²) in [4.78, 5) is 0. The summed E-state index contributed by atoms with van der Waals surface area (Å²) in [7, 11) is 0. The Kier molecular flexibility index (Phi) is 8.33. The Morgan fingerprint density at radius 3 is 2.47 bits per heavy atom. The molecule has 0 aromatic heterocycles. The molecule has 0 aliphatic carbocycles. The fourth-order valence-corrected chi connectivity index (χ4v) is 2.43.